The molecule has 0 aliphatic carbocycles. The highest BCUT2D eigenvalue weighted by molar-refractivity contribution is 5.28. The summed E-state index contributed by atoms with van der Waals surface area (Å²) in [5.41, 5.74) is 1.32. The van der Waals surface area contributed by atoms with Crippen molar-refractivity contribution < 1.29 is 9.47 Å². The number of nitrogens with one attached hydrogen (secondary N) is 1. The normalized spacial score (nSPS) is 14.3. The molecule has 0 heterocycles. The summed E-state index contributed by atoms with van der Waals surface area (Å²) in [5, 5.41) is 3.55. The fraction of sp³-hybridized carbons (Fsp3) is 0.647. The van der Waals surface area contributed by atoms with Crippen LogP contribution in [0, 0.1) is 11.8 Å². The number of hydrogen-bond donors (Lipinski definition) is 1. The van der Waals surface area contributed by atoms with Gasteiger partial charge in [-0.15, -0.1) is 0 Å². The van der Waals surface area contributed by atoms with E-state index < -0.39 is 0 Å². The standard InChI is InChI=1S/C17H29NO2/c1-13(2)18-11-16(14(3)12-19-4)9-15-7-6-8-17(10-15)20-5/h6-8,10,13-14,16,18H,9,11-12H2,1-5H3. The van der Waals surface area contributed by atoms with Crippen LogP contribution in [0.3, 0.4) is 0 Å². The minimum Gasteiger partial charge on any atom is -0.497 e. The van der Waals surface area contributed by atoms with Crippen LogP contribution in [0.4, 0.5) is 0 Å². The fourth-order valence-corrected chi connectivity index (χ4v) is 2.36. The third kappa shape index (κ3) is 5.93. The van der Waals surface area contributed by atoms with E-state index in [0.717, 1.165) is 25.3 Å². The predicted molar refractivity (Wildman–Crippen MR) is 84.4 cm³/mol. The van der Waals surface area contributed by atoms with Crippen LogP contribution in [0.15, 0.2) is 24.3 Å². The molecular formula is C17H29NO2. The molecule has 0 saturated heterocycles. The molecule has 0 radical (unpaired) electrons. The average Bonchev–Trinajstić information content (AvgIpc) is 2.43. The van der Waals surface area contributed by atoms with Crippen LogP contribution in [0.5, 0.6) is 5.75 Å². The maximum atomic E-state index is 5.32. The van der Waals surface area contributed by atoms with Gasteiger partial charge in [-0.05, 0) is 42.5 Å². The Hall–Kier alpha value is -1.06. The Labute approximate surface area is 123 Å². The van der Waals surface area contributed by atoms with Gasteiger partial charge in [0, 0.05) is 19.8 Å². The van der Waals surface area contributed by atoms with Gasteiger partial charge in [-0.2, -0.15) is 0 Å². The second-order valence-corrected chi connectivity index (χ2v) is 5.81. The van der Waals surface area contributed by atoms with Crippen molar-refractivity contribution in [2.24, 2.45) is 11.8 Å². The number of ether oxygens (including phenoxy) is 2. The zero-order chi connectivity index (χ0) is 15.0. The largest absolute Gasteiger partial charge is 0.497 e. The predicted octanol–water partition coefficient (Wildman–Crippen LogP) is 3.13. The van der Waals surface area contributed by atoms with Crippen molar-refractivity contribution in [3.05, 3.63) is 29.8 Å². The highest BCUT2D eigenvalue weighted by atomic mass is 16.5. The van der Waals surface area contributed by atoms with Gasteiger partial charge in [0.15, 0.2) is 0 Å². The first-order valence-electron chi connectivity index (χ1n) is 7.42. The van der Waals surface area contributed by atoms with E-state index in [1.807, 2.05) is 6.07 Å². The number of hydrogen-bond acceptors (Lipinski definition) is 3. The molecule has 0 aromatic heterocycles. The Bertz CT molecular complexity index is 379. The smallest absolute Gasteiger partial charge is 0.119 e. The van der Waals surface area contributed by atoms with Gasteiger partial charge in [0.05, 0.1) is 7.11 Å². The SMILES string of the molecule is COCC(C)C(CNC(C)C)Cc1cccc(OC)c1. The maximum absolute atomic E-state index is 5.32. The molecule has 0 spiro atoms. The fourth-order valence-electron chi connectivity index (χ4n) is 2.36. The van der Waals surface area contributed by atoms with E-state index in [9.17, 15) is 0 Å². The maximum Gasteiger partial charge on any atom is 0.119 e. The van der Waals surface area contributed by atoms with Gasteiger partial charge >= 0.3 is 0 Å². The molecule has 114 valence electrons. The first-order chi connectivity index (χ1) is 9.56. The molecule has 0 bridgehead atoms. The average molecular weight is 279 g/mol. The quantitative estimate of drug-likeness (QED) is 0.753. The molecule has 0 fully saturated rings. The summed E-state index contributed by atoms with van der Waals surface area (Å²) in [7, 11) is 3.49. The second-order valence-electron chi connectivity index (χ2n) is 5.81. The molecule has 2 atom stereocenters. The van der Waals surface area contributed by atoms with Crippen LogP contribution in [-0.2, 0) is 11.2 Å². The Balaban J connectivity index is 2.70. The third-order valence-corrected chi connectivity index (χ3v) is 3.65. The van der Waals surface area contributed by atoms with Crippen molar-refractivity contribution in [2.45, 2.75) is 33.2 Å². The Morgan fingerprint density at radius 3 is 2.50 bits per heavy atom. The molecule has 0 amide bonds. The lowest BCUT2D eigenvalue weighted by atomic mass is 9.88. The monoisotopic (exact) mass is 279 g/mol. The summed E-state index contributed by atoms with van der Waals surface area (Å²) in [6.45, 7) is 8.44. The number of benzene rings is 1. The van der Waals surface area contributed by atoms with Crippen LogP contribution < -0.4 is 10.1 Å². The van der Waals surface area contributed by atoms with Crippen LogP contribution in [0.1, 0.15) is 26.3 Å². The Kier molecular flexibility index (Phi) is 7.63. The summed E-state index contributed by atoms with van der Waals surface area (Å²) in [6, 6.07) is 8.86. The van der Waals surface area contributed by atoms with Crippen LogP contribution in [0.2, 0.25) is 0 Å². The van der Waals surface area contributed by atoms with Crippen LogP contribution in [-0.4, -0.2) is 33.4 Å². The first-order valence-corrected chi connectivity index (χ1v) is 7.42. The lowest BCUT2D eigenvalue weighted by Gasteiger charge is -2.25. The molecule has 20 heavy (non-hydrogen) atoms. The molecular weight excluding hydrogens is 250 g/mol. The molecule has 1 aromatic rings. The van der Waals surface area contributed by atoms with Gasteiger partial charge in [-0.1, -0.05) is 32.9 Å². The number of methoxy groups -OCH3 is 2. The molecule has 1 rings (SSSR count). The first kappa shape index (κ1) is 17.0. The second kappa shape index (κ2) is 8.98. The zero-order valence-corrected chi connectivity index (χ0v) is 13.5. The molecule has 3 heteroatoms. The lowest BCUT2D eigenvalue weighted by Crippen LogP contribution is -2.34. The van der Waals surface area contributed by atoms with Gasteiger partial charge in [0.25, 0.3) is 0 Å². The van der Waals surface area contributed by atoms with Crippen molar-refractivity contribution in [2.75, 3.05) is 27.4 Å². The van der Waals surface area contributed by atoms with Gasteiger partial charge in [-0.25, -0.2) is 0 Å². The number of rotatable bonds is 9. The van der Waals surface area contributed by atoms with E-state index in [4.69, 9.17) is 9.47 Å². The summed E-state index contributed by atoms with van der Waals surface area (Å²) in [5.74, 6) is 2.01. The molecule has 2 unspecified atom stereocenters. The summed E-state index contributed by atoms with van der Waals surface area (Å²) >= 11 is 0. The lowest BCUT2D eigenvalue weighted by molar-refractivity contribution is 0.127. The van der Waals surface area contributed by atoms with Gasteiger partial charge in [0.1, 0.15) is 5.75 Å². The molecule has 1 N–H and O–H groups in total. The molecule has 3 nitrogen and oxygen atoms in total. The topological polar surface area (TPSA) is 30.5 Å². The highest BCUT2D eigenvalue weighted by Crippen LogP contribution is 2.21. The zero-order valence-electron chi connectivity index (χ0n) is 13.5. The van der Waals surface area contributed by atoms with Crippen molar-refractivity contribution in [3.63, 3.8) is 0 Å². The van der Waals surface area contributed by atoms with E-state index >= 15 is 0 Å². The summed E-state index contributed by atoms with van der Waals surface area (Å²) in [4.78, 5) is 0. The minimum absolute atomic E-state index is 0.512. The van der Waals surface area contributed by atoms with Gasteiger partial charge in [0.2, 0.25) is 0 Å². The third-order valence-electron chi connectivity index (χ3n) is 3.65. The van der Waals surface area contributed by atoms with E-state index in [1.165, 1.54) is 5.56 Å². The van der Waals surface area contributed by atoms with Crippen molar-refractivity contribution in [3.8, 4) is 5.75 Å². The van der Waals surface area contributed by atoms with Crippen molar-refractivity contribution in [1.29, 1.82) is 0 Å². The van der Waals surface area contributed by atoms with Gasteiger partial charge < -0.3 is 14.8 Å². The van der Waals surface area contributed by atoms with Crippen LogP contribution >= 0.6 is 0 Å². The molecule has 0 aliphatic rings. The molecule has 1 aromatic carbocycles. The van der Waals surface area contributed by atoms with E-state index in [2.05, 4.69) is 44.3 Å². The van der Waals surface area contributed by atoms with Crippen molar-refractivity contribution >= 4 is 0 Å². The summed E-state index contributed by atoms with van der Waals surface area (Å²) < 4.78 is 10.6. The minimum atomic E-state index is 0.512. The van der Waals surface area contributed by atoms with E-state index in [-0.39, 0.29) is 0 Å². The Morgan fingerprint density at radius 1 is 1.15 bits per heavy atom. The van der Waals surface area contributed by atoms with E-state index in [0.29, 0.717) is 17.9 Å². The molecule has 0 saturated carbocycles. The van der Waals surface area contributed by atoms with Crippen LogP contribution in [0.25, 0.3) is 0 Å². The van der Waals surface area contributed by atoms with Crippen molar-refractivity contribution in [1.82, 2.24) is 5.32 Å². The summed E-state index contributed by atoms with van der Waals surface area (Å²) in [6.07, 6.45) is 1.04. The highest BCUT2D eigenvalue weighted by Gasteiger charge is 2.18. The Morgan fingerprint density at radius 2 is 1.90 bits per heavy atom. The van der Waals surface area contributed by atoms with E-state index in [1.54, 1.807) is 14.2 Å². The van der Waals surface area contributed by atoms with Gasteiger partial charge in [-0.3, -0.25) is 0 Å². The molecule has 0 aliphatic heterocycles.